The normalized spacial score (nSPS) is 25.8. The molecule has 2 saturated heterocycles. The molecule has 2 amide bonds. The van der Waals surface area contributed by atoms with Gasteiger partial charge >= 0.3 is 0 Å². The van der Waals surface area contributed by atoms with Crippen molar-refractivity contribution in [1.82, 2.24) is 10.2 Å². The van der Waals surface area contributed by atoms with Gasteiger partial charge < -0.3 is 16.0 Å². The monoisotopic (exact) mass is 397 g/mol. The summed E-state index contributed by atoms with van der Waals surface area (Å²) in [6.45, 7) is 6.74. The summed E-state index contributed by atoms with van der Waals surface area (Å²) in [6.07, 6.45) is 1.36. The number of hydrogen-bond acceptors (Lipinski definition) is 4. The lowest BCUT2D eigenvalue weighted by molar-refractivity contribution is -0.137. The van der Waals surface area contributed by atoms with Crippen LogP contribution in [0, 0.1) is 0 Å². The number of fused-ring (bicyclic) bond motifs is 1. The van der Waals surface area contributed by atoms with Gasteiger partial charge in [-0.05, 0) is 30.4 Å². The molecule has 144 valence electrons. The summed E-state index contributed by atoms with van der Waals surface area (Å²) < 4.78 is 0. The zero-order chi connectivity index (χ0) is 18.2. The standard InChI is InChI=1S/C19H27N3O2S.ClH/c1-12(2)13-4-6-14(7-5-13)15(20)10-21-18(24)16-11-25-19(3)9-8-17(23)22(16)19;/h4-7,12,15-16H,8-11,20H2,1-3H3,(H,21,24);1H. The van der Waals surface area contributed by atoms with Gasteiger partial charge in [0.15, 0.2) is 0 Å². The highest BCUT2D eigenvalue weighted by atomic mass is 35.5. The Labute approximate surface area is 165 Å². The lowest BCUT2D eigenvalue weighted by atomic mass is 9.99. The molecule has 3 atom stereocenters. The minimum atomic E-state index is -0.375. The third-order valence-corrected chi connectivity index (χ3v) is 6.78. The van der Waals surface area contributed by atoms with Crippen molar-refractivity contribution in [3.05, 3.63) is 35.4 Å². The van der Waals surface area contributed by atoms with Crippen LogP contribution >= 0.6 is 24.2 Å². The van der Waals surface area contributed by atoms with Gasteiger partial charge in [-0.25, -0.2) is 0 Å². The Balaban J connectivity index is 0.00000243. The number of nitrogens with two attached hydrogens (primary N) is 1. The number of nitrogens with zero attached hydrogens (tertiary/aromatic N) is 1. The second-order valence-electron chi connectivity index (χ2n) is 7.44. The number of thioether (sulfide) groups is 1. The van der Waals surface area contributed by atoms with Gasteiger partial charge in [0.25, 0.3) is 0 Å². The fourth-order valence-electron chi connectivity index (χ4n) is 3.59. The van der Waals surface area contributed by atoms with E-state index in [-0.39, 0.29) is 41.2 Å². The van der Waals surface area contributed by atoms with Crippen LogP contribution in [0.25, 0.3) is 0 Å². The van der Waals surface area contributed by atoms with Crippen LogP contribution in [0.2, 0.25) is 0 Å². The van der Waals surface area contributed by atoms with Gasteiger partial charge in [0.05, 0.1) is 4.87 Å². The number of amides is 2. The summed E-state index contributed by atoms with van der Waals surface area (Å²) in [4.78, 5) is 26.3. The quantitative estimate of drug-likeness (QED) is 0.801. The van der Waals surface area contributed by atoms with Crippen molar-refractivity contribution in [2.24, 2.45) is 5.73 Å². The molecule has 3 rings (SSSR count). The average molecular weight is 398 g/mol. The molecule has 2 heterocycles. The fourth-order valence-corrected chi connectivity index (χ4v) is 5.02. The lowest BCUT2D eigenvalue weighted by Gasteiger charge is -2.30. The molecule has 2 aliphatic rings. The Kier molecular flexibility index (Phi) is 6.64. The molecular weight excluding hydrogens is 370 g/mol. The van der Waals surface area contributed by atoms with E-state index in [4.69, 9.17) is 5.73 Å². The number of hydrogen-bond donors (Lipinski definition) is 2. The summed E-state index contributed by atoms with van der Waals surface area (Å²) in [6, 6.07) is 7.60. The van der Waals surface area contributed by atoms with E-state index in [1.165, 1.54) is 5.56 Å². The number of nitrogens with one attached hydrogen (secondary N) is 1. The van der Waals surface area contributed by atoms with Gasteiger partial charge in [-0.1, -0.05) is 38.1 Å². The van der Waals surface area contributed by atoms with Crippen molar-refractivity contribution in [2.45, 2.75) is 56.5 Å². The number of benzene rings is 1. The van der Waals surface area contributed by atoms with Crippen LogP contribution in [-0.4, -0.2) is 39.9 Å². The minimum absolute atomic E-state index is 0. The molecule has 0 spiro atoms. The van der Waals surface area contributed by atoms with Crippen molar-refractivity contribution >= 4 is 36.0 Å². The van der Waals surface area contributed by atoms with Crippen molar-refractivity contribution < 1.29 is 9.59 Å². The average Bonchev–Trinajstić information content (AvgIpc) is 3.09. The fraction of sp³-hybridized carbons (Fsp3) is 0.579. The maximum atomic E-state index is 12.6. The van der Waals surface area contributed by atoms with Crippen LogP contribution in [-0.2, 0) is 9.59 Å². The highest BCUT2D eigenvalue weighted by molar-refractivity contribution is 8.01. The number of halogens is 1. The number of rotatable bonds is 5. The number of carbonyl (C=O) groups is 2. The summed E-state index contributed by atoms with van der Waals surface area (Å²) in [5, 5.41) is 2.94. The molecule has 26 heavy (non-hydrogen) atoms. The topological polar surface area (TPSA) is 75.4 Å². The van der Waals surface area contributed by atoms with E-state index in [0.717, 1.165) is 12.0 Å². The van der Waals surface area contributed by atoms with Crippen molar-refractivity contribution in [1.29, 1.82) is 0 Å². The third-order valence-electron chi connectivity index (χ3n) is 5.27. The Morgan fingerprint density at radius 1 is 1.35 bits per heavy atom. The summed E-state index contributed by atoms with van der Waals surface area (Å²) in [5.74, 6) is 1.13. The SMILES string of the molecule is CC(C)c1ccc(C(N)CNC(=O)C2CSC3(C)CCC(=O)N23)cc1.Cl. The summed E-state index contributed by atoms with van der Waals surface area (Å²) in [5.41, 5.74) is 8.51. The molecule has 2 aliphatic heterocycles. The summed E-state index contributed by atoms with van der Waals surface area (Å²) >= 11 is 1.70. The van der Waals surface area contributed by atoms with Crippen LogP contribution in [0.5, 0.6) is 0 Å². The first kappa shape index (κ1) is 21.1. The Morgan fingerprint density at radius 2 is 1.96 bits per heavy atom. The van der Waals surface area contributed by atoms with E-state index in [1.54, 1.807) is 16.7 Å². The molecule has 0 radical (unpaired) electrons. The zero-order valence-electron chi connectivity index (χ0n) is 15.5. The van der Waals surface area contributed by atoms with Gasteiger partial charge in [-0.3, -0.25) is 9.59 Å². The van der Waals surface area contributed by atoms with E-state index < -0.39 is 0 Å². The minimum Gasteiger partial charge on any atom is -0.352 e. The molecule has 7 heteroatoms. The largest absolute Gasteiger partial charge is 0.352 e. The molecular formula is C19H28ClN3O2S. The molecule has 0 aromatic heterocycles. The van der Waals surface area contributed by atoms with Crippen LogP contribution < -0.4 is 11.1 Å². The van der Waals surface area contributed by atoms with E-state index in [2.05, 4.69) is 38.2 Å². The second kappa shape index (κ2) is 8.19. The van der Waals surface area contributed by atoms with Crippen LogP contribution in [0.4, 0.5) is 0 Å². The molecule has 3 unspecified atom stereocenters. The Hall–Kier alpha value is -1.24. The molecule has 3 N–H and O–H groups in total. The van der Waals surface area contributed by atoms with Crippen LogP contribution in [0.1, 0.15) is 56.7 Å². The maximum absolute atomic E-state index is 12.6. The molecule has 2 fully saturated rings. The molecule has 5 nitrogen and oxygen atoms in total. The van der Waals surface area contributed by atoms with E-state index >= 15 is 0 Å². The van der Waals surface area contributed by atoms with Crippen LogP contribution in [0.15, 0.2) is 24.3 Å². The van der Waals surface area contributed by atoms with Crippen LogP contribution in [0.3, 0.4) is 0 Å². The molecule has 1 aromatic rings. The Bertz CT molecular complexity index is 667. The highest BCUT2D eigenvalue weighted by Gasteiger charge is 2.52. The maximum Gasteiger partial charge on any atom is 0.243 e. The second-order valence-corrected chi connectivity index (χ2v) is 8.94. The van der Waals surface area contributed by atoms with E-state index in [0.29, 0.717) is 24.6 Å². The third kappa shape index (κ3) is 4.02. The summed E-state index contributed by atoms with van der Waals surface area (Å²) in [7, 11) is 0. The lowest BCUT2D eigenvalue weighted by Crippen LogP contribution is -2.50. The smallest absolute Gasteiger partial charge is 0.243 e. The van der Waals surface area contributed by atoms with Gasteiger partial charge in [0.1, 0.15) is 6.04 Å². The molecule has 0 bridgehead atoms. The Morgan fingerprint density at radius 3 is 2.58 bits per heavy atom. The first-order chi connectivity index (χ1) is 11.8. The number of carbonyl (C=O) groups excluding carboxylic acids is 2. The van der Waals surface area contributed by atoms with E-state index in [9.17, 15) is 9.59 Å². The molecule has 1 aromatic carbocycles. The highest BCUT2D eigenvalue weighted by Crippen LogP contribution is 2.47. The van der Waals surface area contributed by atoms with Crippen molar-refractivity contribution in [3.63, 3.8) is 0 Å². The van der Waals surface area contributed by atoms with Crippen molar-refractivity contribution in [2.75, 3.05) is 12.3 Å². The van der Waals surface area contributed by atoms with Gasteiger partial charge in [-0.15, -0.1) is 24.2 Å². The predicted octanol–water partition coefficient (Wildman–Crippen LogP) is 2.80. The van der Waals surface area contributed by atoms with Gasteiger partial charge in [0.2, 0.25) is 11.8 Å². The zero-order valence-corrected chi connectivity index (χ0v) is 17.2. The van der Waals surface area contributed by atoms with Gasteiger partial charge in [-0.2, -0.15) is 0 Å². The molecule has 0 aliphatic carbocycles. The molecule has 0 saturated carbocycles. The first-order valence-corrected chi connectivity index (χ1v) is 9.89. The van der Waals surface area contributed by atoms with E-state index in [1.807, 2.05) is 12.1 Å². The van der Waals surface area contributed by atoms with Crippen molar-refractivity contribution in [3.8, 4) is 0 Å². The first-order valence-electron chi connectivity index (χ1n) is 8.91. The predicted molar refractivity (Wildman–Crippen MR) is 108 cm³/mol. The van der Waals surface area contributed by atoms with Gasteiger partial charge in [0, 0.05) is 24.8 Å².